The maximum Gasteiger partial charge on any atom is 0.243 e. The number of carbonyl (C=O) groups excluding carboxylic acids is 1. The largest absolute Gasteiger partial charge is 0.372 e. The van der Waals surface area contributed by atoms with Crippen molar-refractivity contribution in [2.24, 2.45) is 5.92 Å². The Kier molecular flexibility index (Phi) is 7.83. The number of amides is 1. The van der Waals surface area contributed by atoms with Crippen molar-refractivity contribution in [1.29, 1.82) is 5.26 Å². The number of hydrogen-bond donors (Lipinski definition) is 2. The normalized spacial score (nSPS) is 12.0. The van der Waals surface area contributed by atoms with Gasteiger partial charge in [-0.2, -0.15) is 5.26 Å². The van der Waals surface area contributed by atoms with Crippen LogP contribution in [-0.2, 0) is 11.3 Å². The van der Waals surface area contributed by atoms with Crippen molar-refractivity contribution in [2.75, 3.05) is 26.0 Å². The molecule has 0 radical (unpaired) electrons. The minimum atomic E-state index is -0.364. The van der Waals surface area contributed by atoms with Crippen LogP contribution in [0.25, 0.3) is 11.1 Å². The number of rotatable bonds is 9. The molecule has 27 heavy (non-hydrogen) atoms. The summed E-state index contributed by atoms with van der Waals surface area (Å²) in [6, 6.07) is 10.1. The molecule has 1 amide bonds. The molecule has 0 aliphatic heterocycles. The van der Waals surface area contributed by atoms with Crippen LogP contribution in [0.3, 0.4) is 0 Å². The molecule has 1 aromatic carbocycles. The van der Waals surface area contributed by atoms with Crippen LogP contribution in [0.1, 0.15) is 25.8 Å². The van der Waals surface area contributed by atoms with Crippen molar-refractivity contribution < 1.29 is 4.79 Å². The summed E-state index contributed by atoms with van der Waals surface area (Å²) in [6.07, 6.45) is 0.702. The van der Waals surface area contributed by atoms with Gasteiger partial charge in [0, 0.05) is 22.9 Å². The first kappa shape index (κ1) is 20.9. The lowest BCUT2D eigenvalue weighted by atomic mass is 10.0. The second-order valence-electron chi connectivity index (χ2n) is 7.34. The Morgan fingerprint density at radius 3 is 2.74 bits per heavy atom. The molecule has 0 aliphatic rings. The molecular weight excluding hydrogens is 356 g/mol. The van der Waals surface area contributed by atoms with Crippen LogP contribution < -0.4 is 10.6 Å². The highest BCUT2D eigenvalue weighted by molar-refractivity contribution is 7.08. The number of nitrogens with zero attached hydrogens (tertiary/aromatic N) is 2. The highest BCUT2D eigenvalue weighted by Gasteiger charge is 2.21. The molecule has 2 N–H and O–H groups in total. The fourth-order valence-corrected chi connectivity index (χ4v) is 3.77. The Morgan fingerprint density at radius 2 is 2.07 bits per heavy atom. The third-order valence-electron chi connectivity index (χ3n) is 4.09. The van der Waals surface area contributed by atoms with E-state index in [0.717, 1.165) is 23.4 Å². The summed E-state index contributed by atoms with van der Waals surface area (Å²) in [6.45, 7) is 5.09. The molecule has 144 valence electrons. The van der Waals surface area contributed by atoms with Gasteiger partial charge in [0.1, 0.15) is 12.6 Å². The van der Waals surface area contributed by atoms with Crippen molar-refractivity contribution in [3.05, 3.63) is 40.6 Å². The molecule has 0 fully saturated rings. The van der Waals surface area contributed by atoms with Gasteiger partial charge in [-0.1, -0.05) is 32.0 Å². The van der Waals surface area contributed by atoms with E-state index in [9.17, 15) is 4.79 Å². The van der Waals surface area contributed by atoms with Gasteiger partial charge in [-0.05, 0) is 43.6 Å². The number of nitrogens with one attached hydrogen (secondary N) is 2. The molecule has 0 unspecified atom stereocenters. The quantitative estimate of drug-likeness (QED) is 0.643. The molecule has 2 aromatic rings. The van der Waals surface area contributed by atoms with Crippen molar-refractivity contribution >= 4 is 22.9 Å². The lowest BCUT2D eigenvalue weighted by Crippen LogP contribution is -2.40. The van der Waals surface area contributed by atoms with E-state index in [1.54, 1.807) is 11.3 Å². The highest BCUT2D eigenvalue weighted by Crippen LogP contribution is 2.33. The minimum absolute atomic E-state index is 0.0260. The molecule has 1 atom stereocenters. The minimum Gasteiger partial charge on any atom is -0.372 e. The molecular formula is C21H28N4OS. The van der Waals surface area contributed by atoms with Crippen LogP contribution in [0.15, 0.2) is 35.0 Å². The number of hydrogen-bond acceptors (Lipinski definition) is 5. The van der Waals surface area contributed by atoms with E-state index in [1.807, 2.05) is 11.4 Å². The second kappa shape index (κ2) is 10.1. The summed E-state index contributed by atoms with van der Waals surface area (Å²) in [5.41, 5.74) is 4.45. The average Bonchev–Trinajstić information content (AvgIpc) is 3.06. The summed E-state index contributed by atoms with van der Waals surface area (Å²) < 4.78 is 0. The van der Waals surface area contributed by atoms with Gasteiger partial charge in [-0.15, -0.1) is 11.3 Å². The molecule has 0 spiro atoms. The molecule has 1 heterocycles. The van der Waals surface area contributed by atoms with E-state index in [-0.39, 0.29) is 18.5 Å². The summed E-state index contributed by atoms with van der Waals surface area (Å²) in [5, 5.41) is 19.0. The first-order valence-corrected chi connectivity index (χ1v) is 10.1. The average molecular weight is 385 g/mol. The van der Waals surface area contributed by atoms with Crippen LogP contribution in [0.2, 0.25) is 0 Å². The van der Waals surface area contributed by atoms with Crippen LogP contribution in [0, 0.1) is 17.2 Å². The summed E-state index contributed by atoms with van der Waals surface area (Å²) in [7, 11) is 4.11. The monoisotopic (exact) mass is 384 g/mol. The summed E-state index contributed by atoms with van der Waals surface area (Å²) in [4.78, 5) is 14.6. The van der Waals surface area contributed by atoms with Crippen LogP contribution in [0.4, 0.5) is 5.69 Å². The number of carbonyl (C=O) groups is 1. The van der Waals surface area contributed by atoms with Gasteiger partial charge in [0.2, 0.25) is 5.91 Å². The van der Waals surface area contributed by atoms with Gasteiger partial charge in [0.05, 0.1) is 11.8 Å². The standard InChI is InChI=1S/C21H28N4OS/c1-15(2)10-19(21(26)23-9-8-22)24-20-14-27-13-18(20)17-7-5-6-16(11-17)12-25(3)4/h5-7,11,13-15,19,24H,9-10,12H2,1-4H3,(H,23,26)/t19-/m0/s1. The van der Waals surface area contributed by atoms with Gasteiger partial charge in [0.25, 0.3) is 0 Å². The first-order chi connectivity index (χ1) is 12.9. The molecule has 0 bridgehead atoms. The third kappa shape index (κ3) is 6.38. The lowest BCUT2D eigenvalue weighted by molar-refractivity contribution is -0.121. The Morgan fingerprint density at radius 1 is 1.30 bits per heavy atom. The number of thiophene rings is 1. The molecule has 0 aliphatic carbocycles. The lowest BCUT2D eigenvalue weighted by Gasteiger charge is -2.21. The fourth-order valence-electron chi connectivity index (χ4n) is 2.98. The predicted molar refractivity (Wildman–Crippen MR) is 113 cm³/mol. The maximum atomic E-state index is 12.5. The van der Waals surface area contributed by atoms with Gasteiger partial charge in [-0.25, -0.2) is 0 Å². The summed E-state index contributed by atoms with van der Waals surface area (Å²) in [5.74, 6) is 0.226. The fraction of sp³-hybridized carbons (Fsp3) is 0.429. The number of anilines is 1. The zero-order valence-electron chi connectivity index (χ0n) is 16.5. The number of nitriles is 1. The van der Waals surface area contributed by atoms with E-state index in [1.165, 1.54) is 5.56 Å². The van der Waals surface area contributed by atoms with E-state index < -0.39 is 0 Å². The Labute approximate surface area is 166 Å². The molecule has 0 saturated heterocycles. The van der Waals surface area contributed by atoms with Crippen LogP contribution in [-0.4, -0.2) is 37.5 Å². The van der Waals surface area contributed by atoms with Crippen molar-refractivity contribution in [3.8, 4) is 17.2 Å². The van der Waals surface area contributed by atoms with Crippen molar-refractivity contribution in [2.45, 2.75) is 32.9 Å². The van der Waals surface area contributed by atoms with Gasteiger partial charge >= 0.3 is 0 Å². The highest BCUT2D eigenvalue weighted by atomic mass is 32.1. The van der Waals surface area contributed by atoms with Crippen molar-refractivity contribution in [1.82, 2.24) is 10.2 Å². The van der Waals surface area contributed by atoms with Crippen molar-refractivity contribution in [3.63, 3.8) is 0 Å². The van der Waals surface area contributed by atoms with Gasteiger partial charge < -0.3 is 15.5 Å². The van der Waals surface area contributed by atoms with Gasteiger partial charge in [-0.3, -0.25) is 4.79 Å². The zero-order valence-corrected chi connectivity index (χ0v) is 17.3. The Bertz CT molecular complexity index is 791. The Hall–Kier alpha value is -2.36. The SMILES string of the molecule is CC(C)C[C@H](Nc1cscc1-c1cccc(CN(C)C)c1)C(=O)NCC#N. The first-order valence-electron chi connectivity index (χ1n) is 9.12. The zero-order chi connectivity index (χ0) is 19.8. The molecule has 2 rings (SSSR count). The summed E-state index contributed by atoms with van der Waals surface area (Å²) >= 11 is 1.61. The van der Waals surface area contributed by atoms with Crippen LogP contribution >= 0.6 is 11.3 Å². The molecule has 1 aromatic heterocycles. The second-order valence-corrected chi connectivity index (χ2v) is 8.08. The van der Waals surface area contributed by atoms with Gasteiger partial charge in [0.15, 0.2) is 0 Å². The number of benzene rings is 1. The molecule has 6 heteroatoms. The molecule has 0 saturated carbocycles. The topological polar surface area (TPSA) is 68.2 Å². The van der Waals surface area contributed by atoms with Crippen LogP contribution in [0.5, 0.6) is 0 Å². The smallest absolute Gasteiger partial charge is 0.243 e. The Balaban J connectivity index is 2.23. The van der Waals surface area contributed by atoms with E-state index >= 15 is 0 Å². The third-order valence-corrected chi connectivity index (χ3v) is 4.84. The van der Waals surface area contributed by atoms with E-state index in [2.05, 4.69) is 73.1 Å². The van der Waals surface area contributed by atoms with E-state index in [4.69, 9.17) is 5.26 Å². The maximum absolute atomic E-state index is 12.5. The predicted octanol–water partition coefficient (Wildman–Crippen LogP) is 3.94. The van der Waals surface area contributed by atoms with E-state index in [0.29, 0.717) is 12.3 Å². The molecule has 5 nitrogen and oxygen atoms in total.